The van der Waals surface area contributed by atoms with Gasteiger partial charge in [-0.15, -0.1) is 0 Å². The van der Waals surface area contributed by atoms with Crippen LogP contribution in [0.1, 0.15) is 80.2 Å². The molecule has 1 aliphatic carbocycles. The minimum Gasteiger partial charge on any atom is -0.354 e. The largest absolute Gasteiger partial charge is 0.354 e. The Kier molecular flexibility index (Phi) is 7.02. The predicted octanol–water partition coefficient (Wildman–Crippen LogP) is 5.21. The summed E-state index contributed by atoms with van der Waals surface area (Å²) in [7, 11) is 0. The van der Waals surface area contributed by atoms with Gasteiger partial charge in [0, 0.05) is 47.1 Å². The van der Waals surface area contributed by atoms with E-state index >= 15 is 0 Å². The standard InChI is InChI=1S/C29H37N5O/c1-19(2)27-25-15-23(21-11-13-34(14-12-21)18-20-16-31-29(35)32-17-20)8-10-26(25)33-28(27)22-5-3-4-6-24(30)9-7-22/h5,7-10,15-17,19,21,24,33H,3-4,6,11-14,18,30H2,1-2H3,(H,31,32,35)/b9-7-,22-5+. The van der Waals surface area contributed by atoms with Gasteiger partial charge in [0.2, 0.25) is 0 Å². The van der Waals surface area contributed by atoms with Gasteiger partial charge in [-0.25, -0.2) is 9.78 Å². The van der Waals surface area contributed by atoms with E-state index in [2.05, 4.69) is 70.1 Å². The maximum atomic E-state index is 11.2. The summed E-state index contributed by atoms with van der Waals surface area (Å²) in [5, 5.41) is 1.36. The molecular weight excluding hydrogens is 434 g/mol. The number of nitrogens with zero attached hydrogens (tertiary/aromatic N) is 2. The Labute approximate surface area is 207 Å². The SMILES string of the molecule is CC(C)c1c(C2=C/CCCC(N)/C=C\2)[nH]c2ccc(C3CCN(Cc4cnc(=O)[nH]c4)CC3)cc12. The van der Waals surface area contributed by atoms with Crippen molar-refractivity contribution >= 4 is 16.5 Å². The molecule has 184 valence electrons. The fraction of sp³-hybridized carbons (Fsp3) is 0.448. The van der Waals surface area contributed by atoms with Crippen molar-refractivity contribution in [2.24, 2.45) is 5.73 Å². The third-order valence-corrected chi connectivity index (χ3v) is 7.55. The number of hydrogen-bond acceptors (Lipinski definition) is 4. The molecule has 3 heterocycles. The van der Waals surface area contributed by atoms with Gasteiger partial charge in [0.1, 0.15) is 0 Å². The summed E-state index contributed by atoms with van der Waals surface area (Å²) in [4.78, 5) is 23.9. The zero-order valence-corrected chi connectivity index (χ0v) is 20.9. The smallest absolute Gasteiger partial charge is 0.344 e. The molecule has 1 fully saturated rings. The van der Waals surface area contributed by atoms with Gasteiger partial charge in [-0.1, -0.05) is 38.1 Å². The lowest BCUT2D eigenvalue weighted by molar-refractivity contribution is 0.204. The molecule has 1 aromatic carbocycles. The third-order valence-electron chi connectivity index (χ3n) is 7.55. The van der Waals surface area contributed by atoms with Crippen molar-refractivity contribution < 1.29 is 0 Å². The Hall–Kier alpha value is -2.96. The number of nitrogens with two attached hydrogens (primary N) is 1. The molecular formula is C29H37N5O. The Bertz CT molecular complexity index is 1270. The number of aromatic amines is 2. The summed E-state index contributed by atoms with van der Waals surface area (Å²) in [6.45, 7) is 7.52. The van der Waals surface area contributed by atoms with Crippen LogP contribution in [-0.2, 0) is 6.54 Å². The lowest BCUT2D eigenvalue weighted by Gasteiger charge is -2.32. The number of rotatable bonds is 5. The van der Waals surface area contributed by atoms with Gasteiger partial charge in [0.05, 0.1) is 0 Å². The average molecular weight is 472 g/mol. The van der Waals surface area contributed by atoms with Crippen LogP contribution < -0.4 is 11.4 Å². The summed E-state index contributed by atoms with van der Waals surface area (Å²) >= 11 is 0. The number of aromatic nitrogens is 3. The van der Waals surface area contributed by atoms with E-state index in [1.165, 1.54) is 33.3 Å². The topological polar surface area (TPSA) is 90.8 Å². The first-order valence-corrected chi connectivity index (χ1v) is 13.0. The number of nitrogens with one attached hydrogen (secondary N) is 2. The normalized spacial score (nSPS) is 22.6. The van der Waals surface area contributed by atoms with Crippen LogP contribution in [-0.4, -0.2) is 39.0 Å². The molecule has 1 unspecified atom stereocenters. The average Bonchev–Trinajstić information content (AvgIpc) is 3.22. The van der Waals surface area contributed by atoms with E-state index in [-0.39, 0.29) is 11.7 Å². The quantitative estimate of drug-likeness (QED) is 0.477. The van der Waals surface area contributed by atoms with Gasteiger partial charge in [-0.05, 0) is 85.9 Å². The molecule has 2 aromatic heterocycles. The van der Waals surface area contributed by atoms with Gasteiger partial charge in [0.25, 0.3) is 0 Å². The lowest BCUT2D eigenvalue weighted by atomic mass is 9.87. The number of fused-ring (bicyclic) bond motifs is 1. The van der Waals surface area contributed by atoms with Crippen LogP contribution in [0.5, 0.6) is 0 Å². The highest BCUT2D eigenvalue weighted by Crippen LogP contribution is 2.37. The van der Waals surface area contributed by atoms with Crippen molar-refractivity contribution in [3.05, 3.63) is 81.7 Å². The number of H-pyrrole nitrogens is 2. The fourth-order valence-electron chi connectivity index (χ4n) is 5.64. The van der Waals surface area contributed by atoms with Gasteiger partial charge in [-0.2, -0.15) is 0 Å². The molecule has 0 radical (unpaired) electrons. The van der Waals surface area contributed by atoms with Crippen molar-refractivity contribution in [2.75, 3.05) is 13.1 Å². The van der Waals surface area contributed by atoms with Crippen LogP contribution in [0.25, 0.3) is 16.5 Å². The molecule has 6 nitrogen and oxygen atoms in total. The second-order valence-electron chi connectivity index (χ2n) is 10.5. The summed E-state index contributed by atoms with van der Waals surface area (Å²) in [5.41, 5.74) is 13.6. The first kappa shape index (κ1) is 23.8. The lowest BCUT2D eigenvalue weighted by Crippen LogP contribution is -2.32. The Morgan fingerprint density at radius 1 is 1.20 bits per heavy atom. The molecule has 0 amide bonds. The van der Waals surface area contributed by atoms with Crippen molar-refractivity contribution in [1.82, 2.24) is 19.9 Å². The second kappa shape index (κ2) is 10.3. The first-order chi connectivity index (χ1) is 17.0. The van der Waals surface area contributed by atoms with Gasteiger partial charge >= 0.3 is 5.69 Å². The Morgan fingerprint density at radius 3 is 2.77 bits per heavy atom. The molecule has 2 aliphatic rings. The minimum atomic E-state index is -0.290. The van der Waals surface area contributed by atoms with Gasteiger partial charge in [-0.3, -0.25) is 4.90 Å². The predicted molar refractivity (Wildman–Crippen MR) is 143 cm³/mol. The second-order valence-corrected chi connectivity index (χ2v) is 10.5. The highest BCUT2D eigenvalue weighted by molar-refractivity contribution is 5.92. The summed E-state index contributed by atoms with van der Waals surface area (Å²) < 4.78 is 0. The van der Waals surface area contributed by atoms with Gasteiger partial charge < -0.3 is 15.7 Å². The van der Waals surface area contributed by atoms with E-state index < -0.39 is 0 Å². The number of benzene rings is 1. The van der Waals surface area contributed by atoms with Crippen LogP contribution >= 0.6 is 0 Å². The van der Waals surface area contributed by atoms with Crippen molar-refractivity contribution in [2.45, 2.75) is 70.4 Å². The minimum absolute atomic E-state index is 0.142. The zero-order chi connectivity index (χ0) is 24.4. The zero-order valence-electron chi connectivity index (χ0n) is 20.9. The Morgan fingerprint density at radius 2 is 2.03 bits per heavy atom. The van der Waals surface area contributed by atoms with E-state index in [0.29, 0.717) is 11.8 Å². The monoisotopic (exact) mass is 471 g/mol. The summed E-state index contributed by atoms with van der Waals surface area (Å²) in [6.07, 6.45) is 15.7. The molecule has 5 rings (SSSR count). The number of likely N-dealkylation sites (tertiary alicyclic amines) is 1. The molecule has 35 heavy (non-hydrogen) atoms. The number of allylic oxidation sites excluding steroid dienone is 3. The summed E-state index contributed by atoms with van der Waals surface area (Å²) in [5.74, 6) is 0.997. The molecule has 1 aliphatic heterocycles. The molecule has 0 saturated carbocycles. The summed E-state index contributed by atoms with van der Waals surface area (Å²) in [6, 6.07) is 7.17. The van der Waals surface area contributed by atoms with E-state index in [1.54, 1.807) is 12.4 Å². The maximum Gasteiger partial charge on any atom is 0.344 e. The first-order valence-electron chi connectivity index (χ1n) is 13.0. The highest BCUT2D eigenvalue weighted by atomic mass is 16.1. The molecule has 4 N–H and O–H groups in total. The molecule has 0 spiro atoms. The fourth-order valence-corrected chi connectivity index (χ4v) is 5.64. The van der Waals surface area contributed by atoms with Crippen LogP contribution in [0.4, 0.5) is 0 Å². The highest BCUT2D eigenvalue weighted by Gasteiger charge is 2.23. The van der Waals surface area contributed by atoms with Gasteiger partial charge in [0.15, 0.2) is 0 Å². The number of piperidine rings is 1. The van der Waals surface area contributed by atoms with Crippen LogP contribution in [0.2, 0.25) is 0 Å². The molecule has 6 heteroatoms. The third kappa shape index (κ3) is 5.34. The number of hydrogen-bond donors (Lipinski definition) is 3. The van der Waals surface area contributed by atoms with E-state index in [0.717, 1.165) is 57.3 Å². The van der Waals surface area contributed by atoms with Crippen LogP contribution in [0.15, 0.2) is 53.6 Å². The Balaban J connectivity index is 1.36. The molecule has 1 atom stereocenters. The molecule has 0 bridgehead atoms. The van der Waals surface area contributed by atoms with Crippen molar-refractivity contribution in [3.63, 3.8) is 0 Å². The maximum absolute atomic E-state index is 11.2. The van der Waals surface area contributed by atoms with E-state index in [1.807, 2.05) is 0 Å². The van der Waals surface area contributed by atoms with Crippen molar-refractivity contribution in [3.8, 4) is 0 Å². The molecule has 1 saturated heterocycles. The van der Waals surface area contributed by atoms with Crippen LogP contribution in [0, 0.1) is 0 Å². The van der Waals surface area contributed by atoms with E-state index in [4.69, 9.17) is 5.73 Å². The molecule has 3 aromatic rings. The van der Waals surface area contributed by atoms with E-state index in [9.17, 15) is 4.79 Å². The van der Waals surface area contributed by atoms with Crippen molar-refractivity contribution in [1.29, 1.82) is 0 Å². The van der Waals surface area contributed by atoms with Crippen LogP contribution in [0.3, 0.4) is 0 Å².